The van der Waals surface area contributed by atoms with Crippen LogP contribution in [0.15, 0.2) is 99.1 Å². The molecule has 0 aliphatic carbocycles. The lowest BCUT2D eigenvalue weighted by molar-refractivity contribution is -0.130. The smallest absolute Gasteiger partial charge is 0.287 e. The van der Waals surface area contributed by atoms with Crippen molar-refractivity contribution in [2.45, 2.75) is 24.2 Å². The summed E-state index contributed by atoms with van der Waals surface area (Å²) in [6.07, 6.45) is 2.03. The van der Waals surface area contributed by atoms with Crippen LogP contribution in [0.4, 0.5) is 0 Å². The summed E-state index contributed by atoms with van der Waals surface area (Å²) >= 11 is 9.13. The van der Waals surface area contributed by atoms with E-state index in [2.05, 4.69) is 15.5 Å². The Hall–Kier alpha value is -4.39. The molecule has 2 aromatic carbocycles. The van der Waals surface area contributed by atoms with E-state index in [4.69, 9.17) is 25.9 Å². The minimum absolute atomic E-state index is 0.0608. The van der Waals surface area contributed by atoms with E-state index in [9.17, 15) is 9.59 Å². The number of ether oxygens (including phenoxy) is 1. The largest absolute Gasteiger partial charge is 0.497 e. The van der Waals surface area contributed by atoms with Gasteiger partial charge in [-0.15, -0.1) is 21.5 Å². The van der Waals surface area contributed by atoms with Crippen LogP contribution in [-0.4, -0.2) is 50.2 Å². The van der Waals surface area contributed by atoms with E-state index in [0.29, 0.717) is 28.1 Å². The number of nitrogens with one attached hydrogen (secondary N) is 1. The summed E-state index contributed by atoms with van der Waals surface area (Å²) in [6.45, 7) is 0.0771. The van der Waals surface area contributed by atoms with Gasteiger partial charge in [-0.25, -0.2) is 5.01 Å². The Kier molecular flexibility index (Phi) is 8.59. The molecule has 43 heavy (non-hydrogen) atoms. The van der Waals surface area contributed by atoms with Gasteiger partial charge >= 0.3 is 0 Å². The van der Waals surface area contributed by atoms with Crippen molar-refractivity contribution in [3.63, 3.8) is 0 Å². The molecule has 1 aliphatic rings. The SMILES string of the molecule is COc1ccc([C@@H]2CC(c3cccs3)=NN2C(=O)CSc2nnc(CNC(=O)c3ccco3)n2-c2cccc(Cl)c2)cc1. The molecular weight excluding hydrogens is 608 g/mol. The van der Waals surface area contributed by atoms with Gasteiger partial charge < -0.3 is 14.5 Å². The summed E-state index contributed by atoms with van der Waals surface area (Å²) < 4.78 is 12.3. The van der Waals surface area contributed by atoms with Crippen molar-refractivity contribution >= 4 is 52.2 Å². The first-order chi connectivity index (χ1) is 21.0. The number of aromatic nitrogens is 3. The molecule has 5 aromatic rings. The van der Waals surface area contributed by atoms with E-state index in [1.54, 1.807) is 52.3 Å². The van der Waals surface area contributed by atoms with Crippen LogP contribution in [0.2, 0.25) is 5.02 Å². The van der Waals surface area contributed by atoms with Gasteiger partial charge in [-0.3, -0.25) is 14.2 Å². The zero-order valence-corrected chi connectivity index (χ0v) is 25.2. The lowest BCUT2D eigenvalue weighted by atomic mass is 10.0. The molecule has 0 spiro atoms. The number of hydrogen-bond donors (Lipinski definition) is 1. The Morgan fingerprint density at radius 3 is 2.70 bits per heavy atom. The molecule has 2 amide bonds. The van der Waals surface area contributed by atoms with Crippen LogP contribution >= 0.6 is 34.7 Å². The Morgan fingerprint density at radius 2 is 1.98 bits per heavy atom. The molecule has 1 atom stereocenters. The molecule has 1 N–H and O–H groups in total. The number of benzene rings is 2. The van der Waals surface area contributed by atoms with E-state index in [1.807, 2.05) is 53.9 Å². The minimum atomic E-state index is -0.381. The average molecular weight is 633 g/mol. The molecule has 3 aromatic heterocycles. The molecule has 13 heteroatoms. The number of thioether (sulfide) groups is 1. The van der Waals surface area contributed by atoms with E-state index in [1.165, 1.54) is 18.0 Å². The molecule has 0 bridgehead atoms. The average Bonchev–Trinajstić information content (AvgIpc) is 3.85. The second kappa shape index (κ2) is 12.9. The van der Waals surface area contributed by atoms with Gasteiger partial charge in [0, 0.05) is 11.4 Å². The summed E-state index contributed by atoms with van der Waals surface area (Å²) in [4.78, 5) is 27.2. The molecule has 10 nitrogen and oxygen atoms in total. The third kappa shape index (κ3) is 6.36. The Morgan fingerprint density at radius 1 is 1.12 bits per heavy atom. The quantitative estimate of drug-likeness (QED) is 0.188. The first-order valence-corrected chi connectivity index (χ1v) is 15.5. The van der Waals surface area contributed by atoms with Crippen molar-refractivity contribution < 1.29 is 18.7 Å². The van der Waals surface area contributed by atoms with Gasteiger partial charge in [-0.1, -0.05) is 47.6 Å². The minimum Gasteiger partial charge on any atom is -0.497 e. The molecule has 0 saturated heterocycles. The predicted octanol–water partition coefficient (Wildman–Crippen LogP) is 5.98. The van der Waals surface area contributed by atoms with Crippen molar-refractivity contribution in [3.8, 4) is 11.4 Å². The molecule has 0 radical (unpaired) electrons. The van der Waals surface area contributed by atoms with Gasteiger partial charge in [0.05, 0.1) is 48.0 Å². The van der Waals surface area contributed by atoms with Gasteiger partial charge in [0.25, 0.3) is 11.8 Å². The van der Waals surface area contributed by atoms with E-state index in [-0.39, 0.29) is 35.9 Å². The molecule has 218 valence electrons. The summed E-state index contributed by atoms with van der Waals surface area (Å²) in [5.74, 6) is 0.899. The van der Waals surface area contributed by atoms with Crippen LogP contribution in [0.3, 0.4) is 0 Å². The van der Waals surface area contributed by atoms with E-state index >= 15 is 0 Å². The van der Waals surface area contributed by atoms with Crippen molar-refractivity contribution in [1.29, 1.82) is 0 Å². The van der Waals surface area contributed by atoms with Gasteiger partial charge in [0.2, 0.25) is 0 Å². The second-order valence-electron chi connectivity index (χ2n) is 9.42. The number of methoxy groups -OCH3 is 1. The number of halogens is 1. The zero-order valence-electron chi connectivity index (χ0n) is 22.8. The topological polar surface area (TPSA) is 115 Å². The fourth-order valence-electron chi connectivity index (χ4n) is 4.65. The lowest BCUT2D eigenvalue weighted by Crippen LogP contribution is -2.28. The number of furan rings is 1. The van der Waals surface area contributed by atoms with Gasteiger partial charge in [0.1, 0.15) is 5.75 Å². The van der Waals surface area contributed by atoms with Crippen LogP contribution in [0.25, 0.3) is 5.69 Å². The van der Waals surface area contributed by atoms with Crippen molar-refractivity contribution in [2.75, 3.05) is 12.9 Å². The molecule has 0 saturated carbocycles. The highest BCUT2D eigenvalue weighted by atomic mass is 35.5. The third-order valence-corrected chi connectivity index (χ3v) is 8.78. The Bertz CT molecular complexity index is 1750. The maximum absolute atomic E-state index is 13.7. The van der Waals surface area contributed by atoms with Crippen LogP contribution in [0, 0.1) is 0 Å². The summed E-state index contributed by atoms with van der Waals surface area (Å²) in [6, 6.07) is 21.8. The third-order valence-electron chi connectivity index (χ3n) is 6.72. The molecule has 1 aliphatic heterocycles. The zero-order chi connectivity index (χ0) is 29.8. The van der Waals surface area contributed by atoms with Crippen LogP contribution in [-0.2, 0) is 11.3 Å². The molecule has 0 fully saturated rings. The van der Waals surface area contributed by atoms with E-state index < -0.39 is 0 Å². The first kappa shape index (κ1) is 28.7. The Balaban J connectivity index is 1.24. The number of rotatable bonds is 10. The number of hydrogen-bond acceptors (Lipinski definition) is 9. The molecule has 0 unspecified atom stereocenters. The van der Waals surface area contributed by atoms with Crippen molar-refractivity contribution in [3.05, 3.63) is 111 Å². The highest BCUT2D eigenvalue weighted by Gasteiger charge is 2.33. The monoisotopic (exact) mass is 632 g/mol. The molecular formula is C30H25ClN6O4S2. The number of amides is 2. The van der Waals surface area contributed by atoms with E-state index in [0.717, 1.165) is 21.9 Å². The number of nitrogens with zero attached hydrogens (tertiary/aromatic N) is 5. The highest BCUT2D eigenvalue weighted by Crippen LogP contribution is 2.35. The van der Waals surface area contributed by atoms with Gasteiger partial charge in [-0.05, 0) is 59.5 Å². The van der Waals surface area contributed by atoms with Crippen molar-refractivity contribution in [1.82, 2.24) is 25.1 Å². The van der Waals surface area contributed by atoms with Gasteiger partial charge in [-0.2, -0.15) is 5.10 Å². The van der Waals surface area contributed by atoms with Crippen LogP contribution < -0.4 is 10.1 Å². The van der Waals surface area contributed by atoms with Crippen LogP contribution in [0.5, 0.6) is 5.75 Å². The predicted molar refractivity (Wildman–Crippen MR) is 165 cm³/mol. The molecule has 4 heterocycles. The maximum Gasteiger partial charge on any atom is 0.287 e. The Labute approximate surface area is 260 Å². The van der Waals surface area contributed by atoms with Crippen molar-refractivity contribution in [2.24, 2.45) is 5.10 Å². The molecule has 6 rings (SSSR count). The highest BCUT2D eigenvalue weighted by molar-refractivity contribution is 7.99. The number of carbonyl (C=O) groups excluding carboxylic acids is 2. The number of carbonyl (C=O) groups is 2. The summed E-state index contributed by atoms with van der Waals surface area (Å²) in [5.41, 5.74) is 2.53. The normalized spacial score (nSPS) is 14.5. The van der Waals surface area contributed by atoms with Crippen LogP contribution in [0.1, 0.15) is 39.3 Å². The summed E-state index contributed by atoms with van der Waals surface area (Å²) in [7, 11) is 1.62. The number of hydrazone groups is 1. The number of thiophene rings is 1. The lowest BCUT2D eigenvalue weighted by Gasteiger charge is -2.22. The standard InChI is InChI=1S/C30H25ClN6O4S2/c1-40-22-11-9-19(10-12-22)24-16-23(26-8-4-14-42-26)35-37(24)28(38)18-43-30-34-33-27(17-32-29(39)25-7-3-13-41-25)36(30)21-6-2-5-20(31)15-21/h2-15,24H,16-18H2,1H3,(H,32,39)/t24-/m0/s1. The maximum atomic E-state index is 13.7. The fraction of sp³-hybridized carbons (Fsp3) is 0.167. The fourth-order valence-corrected chi connectivity index (χ4v) is 6.38. The summed E-state index contributed by atoms with van der Waals surface area (Å²) in [5, 5.41) is 20.8. The first-order valence-electron chi connectivity index (χ1n) is 13.2. The van der Waals surface area contributed by atoms with Gasteiger partial charge in [0.15, 0.2) is 16.7 Å². The second-order valence-corrected chi connectivity index (χ2v) is 11.7.